The third-order valence-corrected chi connectivity index (χ3v) is 3.97. The lowest BCUT2D eigenvalue weighted by Crippen LogP contribution is -2.17. The molecule has 0 saturated carbocycles. The molecule has 6 nitrogen and oxygen atoms in total. The van der Waals surface area contributed by atoms with Gasteiger partial charge in [0, 0.05) is 5.56 Å². The van der Waals surface area contributed by atoms with E-state index in [2.05, 4.69) is 33.1 Å². The Bertz CT molecular complexity index is 762. The fourth-order valence-electron chi connectivity index (χ4n) is 1.91. The van der Waals surface area contributed by atoms with Crippen molar-refractivity contribution >= 4 is 34.7 Å². The number of aromatic hydroxyl groups is 1. The summed E-state index contributed by atoms with van der Waals surface area (Å²) in [6, 6.07) is 9.97. The van der Waals surface area contributed by atoms with Crippen molar-refractivity contribution in [3.8, 4) is 17.2 Å². The van der Waals surface area contributed by atoms with Gasteiger partial charge < -0.3 is 14.6 Å². The van der Waals surface area contributed by atoms with Gasteiger partial charge in [0.2, 0.25) is 0 Å². The standard InChI is InChI=1S/C17H17IN2O4/c1-3-24-16-8-11(4-7-14(16)21)10-19-20-17(22)12-5-6-13(18)15(9-12)23-2/h4-10,21H,3H2,1-2H3,(H,20,22)/b19-10-. The monoisotopic (exact) mass is 440 g/mol. The van der Waals surface area contributed by atoms with E-state index in [-0.39, 0.29) is 11.7 Å². The Morgan fingerprint density at radius 1 is 1.29 bits per heavy atom. The molecule has 0 unspecified atom stereocenters. The summed E-state index contributed by atoms with van der Waals surface area (Å²) in [5.74, 6) is 0.719. The largest absolute Gasteiger partial charge is 0.504 e. The highest BCUT2D eigenvalue weighted by Gasteiger charge is 2.08. The maximum absolute atomic E-state index is 12.1. The Hall–Kier alpha value is -2.29. The van der Waals surface area contributed by atoms with Gasteiger partial charge >= 0.3 is 0 Å². The van der Waals surface area contributed by atoms with E-state index < -0.39 is 0 Å². The Morgan fingerprint density at radius 2 is 2.08 bits per heavy atom. The zero-order valence-electron chi connectivity index (χ0n) is 13.2. The normalized spacial score (nSPS) is 10.6. The number of carbonyl (C=O) groups is 1. The Morgan fingerprint density at radius 3 is 2.79 bits per heavy atom. The van der Waals surface area contributed by atoms with Crippen molar-refractivity contribution in [3.63, 3.8) is 0 Å². The SMILES string of the molecule is CCOc1cc(/C=N\NC(=O)c2ccc(I)c(OC)c2)ccc1O. The van der Waals surface area contributed by atoms with Crippen LogP contribution >= 0.6 is 22.6 Å². The van der Waals surface area contributed by atoms with Gasteiger partial charge in [-0.05, 0) is 71.5 Å². The van der Waals surface area contributed by atoms with Gasteiger partial charge in [-0.15, -0.1) is 0 Å². The second-order valence-corrected chi connectivity index (χ2v) is 5.87. The number of nitrogens with one attached hydrogen (secondary N) is 1. The van der Waals surface area contributed by atoms with Crippen LogP contribution < -0.4 is 14.9 Å². The highest BCUT2D eigenvalue weighted by Crippen LogP contribution is 2.26. The van der Waals surface area contributed by atoms with Crippen LogP contribution in [0.25, 0.3) is 0 Å². The van der Waals surface area contributed by atoms with E-state index in [1.54, 1.807) is 37.4 Å². The predicted octanol–water partition coefficient (Wildman–Crippen LogP) is 3.17. The van der Waals surface area contributed by atoms with Crippen LogP contribution in [0.4, 0.5) is 0 Å². The Balaban J connectivity index is 2.06. The highest BCUT2D eigenvalue weighted by atomic mass is 127. The quantitative estimate of drug-likeness (QED) is 0.411. The van der Waals surface area contributed by atoms with Gasteiger partial charge in [-0.25, -0.2) is 5.43 Å². The maximum atomic E-state index is 12.1. The number of carbonyl (C=O) groups excluding carboxylic acids is 1. The molecule has 0 saturated heterocycles. The van der Waals surface area contributed by atoms with E-state index in [1.807, 2.05) is 6.92 Å². The lowest BCUT2D eigenvalue weighted by Gasteiger charge is -2.06. The highest BCUT2D eigenvalue weighted by molar-refractivity contribution is 14.1. The molecule has 0 heterocycles. The average Bonchev–Trinajstić information content (AvgIpc) is 2.58. The number of benzene rings is 2. The van der Waals surface area contributed by atoms with Gasteiger partial charge in [0.1, 0.15) is 5.75 Å². The van der Waals surface area contributed by atoms with Crippen LogP contribution in [0, 0.1) is 3.57 Å². The third kappa shape index (κ3) is 4.60. The van der Waals surface area contributed by atoms with Gasteiger partial charge in [0.05, 0.1) is 23.5 Å². The lowest BCUT2D eigenvalue weighted by molar-refractivity contribution is 0.0954. The topological polar surface area (TPSA) is 80.2 Å². The Kier molecular flexibility index (Phi) is 6.42. The lowest BCUT2D eigenvalue weighted by atomic mass is 10.2. The smallest absolute Gasteiger partial charge is 0.271 e. The molecule has 0 radical (unpaired) electrons. The van der Waals surface area contributed by atoms with Crippen molar-refractivity contribution in [3.05, 3.63) is 51.1 Å². The first-order valence-corrected chi connectivity index (χ1v) is 8.25. The van der Waals surface area contributed by atoms with Gasteiger partial charge in [0.25, 0.3) is 5.91 Å². The van der Waals surface area contributed by atoms with E-state index in [1.165, 1.54) is 12.3 Å². The summed E-state index contributed by atoms with van der Waals surface area (Å²) in [6.07, 6.45) is 1.48. The fourth-order valence-corrected chi connectivity index (χ4v) is 2.47. The fraction of sp³-hybridized carbons (Fsp3) is 0.176. The van der Waals surface area contributed by atoms with Gasteiger partial charge in [-0.3, -0.25) is 4.79 Å². The van der Waals surface area contributed by atoms with Crippen LogP contribution in [-0.2, 0) is 0 Å². The van der Waals surface area contributed by atoms with Crippen molar-refractivity contribution in [2.24, 2.45) is 5.10 Å². The summed E-state index contributed by atoms with van der Waals surface area (Å²) in [5, 5.41) is 13.6. The second-order valence-electron chi connectivity index (χ2n) is 4.71. The molecule has 2 N–H and O–H groups in total. The minimum Gasteiger partial charge on any atom is -0.504 e. The molecule has 24 heavy (non-hydrogen) atoms. The second kappa shape index (κ2) is 8.53. The molecule has 0 bridgehead atoms. The first kappa shape index (κ1) is 18.1. The van der Waals surface area contributed by atoms with Crippen LogP contribution in [-0.4, -0.2) is 30.9 Å². The summed E-state index contributed by atoms with van der Waals surface area (Å²) in [4.78, 5) is 12.1. The van der Waals surface area contributed by atoms with Gasteiger partial charge in [-0.1, -0.05) is 0 Å². The van der Waals surface area contributed by atoms with Crippen molar-refractivity contribution in [1.82, 2.24) is 5.43 Å². The van der Waals surface area contributed by atoms with E-state index in [9.17, 15) is 9.90 Å². The number of phenols is 1. The molecule has 0 fully saturated rings. The summed E-state index contributed by atoms with van der Waals surface area (Å²) >= 11 is 2.13. The molecule has 7 heteroatoms. The molecular weight excluding hydrogens is 423 g/mol. The van der Waals surface area contributed by atoms with Crippen LogP contribution in [0.5, 0.6) is 17.2 Å². The maximum Gasteiger partial charge on any atom is 0.271 e. The Labute approximate surface area is 153 Å². The molecule has 0 spiro atoms. The first-order valence-electron chi connectivity index (χ1n) is 7.18. The molecule has 126 valence electrons. The van der Waals surface area contributed by atoms with Crippen LogP contribution in [0.2, 0.25) is 0 Å². The van der Waals surface area contributed by atoms with E-state index in [0.717, 1.165) is 3.57 Å². The van der Waals surface area contributed by atoms with Crippen LogP contribution in [0.3, 0.4) is 0 Å². The molecule has 0 atom stereocenters. The summed E-state index contributed by atoms with van der Waals surface area (Å²) < 4.78 is 11.4. The minimum absolute atomic E-state index is 0.0593. The number of phenolic OH excluding ortho intramolecular Hbond substituents is 1. The van der Waals surface area contributed by atoms with E-state index >= 15 is 0 Å². The number of ether oxygens (including phenoxy) is 2. The molecule has 0 aromatic heterocycles. The molecule has 2 aromatic carbocycles. The molecule has 0 aliphatic rings. The van der Waals surface area contributed by atoms with Crippen LogP contribution in [0.15, 0.2) is 41.5 Å². The molecule has 0 aliphatic carbocycles. The molecular formula is C17H17IN2O4. The predicted molar refractivity (Wildman–Crippen MR) is 100 cm³/mol. The molecule has 0 aliphatic heterocycles. The van der Waals surface area contributed by atoms with Crippen molar-refractivity contribution < 1.29 is 19.4 Å². The zero-order valence-corrected chi connectivity index (χ0v) is 15.4. The summed E-state index contributed by atoms with van der Waals surface area (Å²) in [7, 11) is 1.55. The van der Waals surface area contributed by atoms with Crippen molar-refractivity contribution in [2.45, 2.75) is 6.92 Å². The summed E-state index contributed by atoms with van der Waals surface area (Å²) in [5.41, 5.74) is 3.59. The number of halogens is 1. The number of rotatable bonds is 6. The minimum atomic E-state index is -0.343. The van der Waals surface area contributed by atoms with E-state index in [4.69, 9.17) is 9.47 Å². The summed E-state index contributed by atoms with van der Waals surface area (Å²) in [6.45, 7) is 2.27. The molecule has 2 rings (SSSR count). The number of hydrogen-bond acceptors (Lipinski definition) is 5. The third-order valence-electron chi connectivity index (χ3n) is 3.08. The number of hydrogen-bond donors (Lipinski definition) is 2. The first-order chi connectivity index (χ1) is 11.5. The number of amides is 1. The van der Waals surface area contributed by atoms with Gasteiger partial charge in [-0.2, -0.15) is 5.10 Å². The number of hydrazone groups is 1. The van der Waals surface area contributed by atoms with Gasteiger partial charge in [0.15, 0.2) is 11.5 Å². The van der Waals surface area contributed by atoms with Crippen molar-refractivity contribution in [1.29, 1.82) is 0 Å². The zero-order chi connectivity index (χ0) is 17.5. The molecule has 1 amide bonds. The van der Waals surface area contributed by atoms with Crippen molar-refractivity contribution in [2.75, 3.05) is 13.7 Å². The molecule has 2 aromatic rings. The number of nitrogens with zero attached hydrogens (tertiary/aromatic N) is 1. The van der Waals surface area contributed by atoms with E-state index in [0.29, 0.717) is 29.2 Å². The van der Waals surface area contributed by atoms with Crippen LogP contribution in [0.1, 0.15) is 22.8 Å². The number of methoxy groups -OCH3 is 1. The average molecular weight is 440 g/mol.